The van der Waals surface area contributed by atoms with Crippen LogP contribution in [0.5, 0.6) is 0 Å². The van der Waals surface area contributed by atoms with Crippen LogP contribution in [0.25, 0.3) is 0 Å². The number of anilines is 1. The molecule has 0 radical (unpaired) electrons. The molecule has 1 aliphatic heterocycles. The normalized spacial score (nSPS) is 26.0. The van der Waals surface area contributed by atoms with Crippen LogP contribution in [0.4, 0.5) is 5.69 Å². The summed E-state index contributed by atoms with van der Waals surface area (Å²) in [5, 5.41) is 0.560. The van der Waals surface area contributed by atoms with Crippen LogP contribution in [-0.2, 0) is 20.2 Å². The fourth-order valence-corrected chi connectivity index (χ4v) is 2.37. The zero-order chi connectivity index (χ0) is 11.0. The predicted molar refractivity (Wildman–Crippen MR) is 57.6 cm³/mol. The summed E-state index contributed by atoms with van der Waals surface area (Å²) in [5.74, 6) is -0.310. The van der Waals surface area contributed by atoms with Gasteiger partial charge in [0.05, 0.1) is 5.69 Å². The highest BCUT2D eigenvalue weighted by molar-refractivity contribution is 7.83. The SMILES string of the molecule is CC1OS(=O)N(c2ccc(Cl)cc2)C1=O. The van der Waals surface area contributed by atoms with Crippen LogP contribution in [-0.4, -0.2) is 16.2 Å². The number of hydrogen-bond acceptors (Lipinski definition) is 3. The second-order valence-electron chi connectivity index (χ2n) is 3.06. The fourth-order valence-electron chi connectivity index (χ4n) is 1.24. The van der Waals surface area contributed by atoms with Crippen molar-refractivity contribution in [1.29, 1.82) is 0 Å². The van der Waals surface area contributed by atoms with Crippen molar-refractivity contribution in [3.8, 4) is 0 Å². The van der Waals surface area contributed by atoms with Gasteiger partial charge in [-0.25, -0.2) is 8.51 Å². The maximum absolute atomic E-state index is 11.6. The Labute approximate surface area is 94.6 Å². The Bertz CT molecular complexity index is 420. The molecule has 6 heteroatoms. The summed E-state index contributed by atoms with van der Waals surface area (Å²) in [6.45, 7) is 1.57. The van der Waals surface area contributed by atoms with Gasteiger partial charge in [-0.3, -0.25) is 8.98 Å². The standard InChI is InChI=1S/C9H8ClNO3S/c1-6-9(12)11(15(13)14-6)8-4-2-7(10)3-5-8/h2-6H,1H3. The predicted octanol–water partition coefficient (Wildman–Crippen LogP) is 1.67. The van der Waals surface area contributed by atoms with E-state index in [1.54, 1.807) is 31.2 Å². The number of carbonyl (C=O) groups excluding carboxylic acids is 1. The van der Waals surface area contributed by atoms with Crippen molar-refractivity contribution >= 4 is 34.5 Å². The molecule has 1 heterocycles. The van der Waals surface area contributed by atoms with E-state index in [-0.39, 0.29) is 5.91 Å². The van der Waals surface area contributed by atoms with Gasteiger partial charge >= 0.3 is 0 Å². The van der Waals surface area contributed by atoms with Crippen LogP contribution in [0.1, 0.15) is 6.92 Å². The number of benzene rings is 1. The average Bonchev–Trinajstić information content (AvgIpc) is 2.44. The molecule has 1 saturated heterocycles. The quantitative estimate of drug-likeness (QED) is 0.756. The topological polar surface area (TPSA) is 46.6 Å². The van der Waals surface area contributed by atoms with E-state index >= 15 is 0 Å². The minimum Gasteiger partial charge on any atom is -0.270 e. The first kappa shape index (κ1) is 10.6. The van der Waals surface area contributed by atoms with Crippen LogP contribution in [0.3, 0.4) is 0 Å². The van der Waals surface area contributed by atoms with Gasteiger partial charge in [0.25, 0.3) is 17.2 Å². The summed E-state index contributed by atoms with van der Waals surface area (Å²) in [6.07, 6.45) is -0.665. The number of halogens is 1. The van der Waals surface area contributed by atoms with Gasteiger partial charge in [0.2, 0.25) is 0 Å². The van der Waals surface area contributed by atoms with Crippen molar-refractivity contribution in [3.63, 3.8) is 0 Å². The maximum Gasteiger partial charge on any atom is 0.272 e. The van der Waals surface area contributed by atoms with E-state index in [4.69, 9.17) is 15.8 Å². The third kappa shape index (κ3) is 1.90. The number of hydrogen-bond donors (Lipinski definition) is 0. The van der Waals surface area contributed by atoms with Crippen LogP contribution in [0.15, 0.2) is 24.3 Å². The first-order valence-corrected chi connectivity index (χ1v) is 5.69. The van der Waals surface area contributed by atoms with Crippen LogP contribution in [0, 0.1) is 0 Å². The summed E-state index contributed by atoms with van der Waals surface area (Å²) >= 11 is 3.97. The first-order valence-electron chi connectivity index (χ1n) is 4.28. The second-order valence-corrected chi connectivity index (χ2v) is 4.49. The van der Waals surface area contributed by atoms with E-state index in [0.29, 0.717) is 10.7 Å². The van der Waals surface area contributed by atoms with Crippen molar-refractivity contribution in [1.82, 2.24) is 0 Å². The van der Waals surface area contributed by atoms with Gasteiger partial charge in [0, 0.05) is 5.02 Å². The second kappa shape index (κ2) is 3.92. The van der Waals surface area contributed by atoms with Crippen molar-refractivity contribution in [2.75, 3.05) is 4.31 Å². The van der Waals surface area contributed by atoms with Gasteiger partial charge in [-0.2, -0.15) is 0 Å². The molecule has 4 nitrogen and oxygen atoms in total. The summed E-state index contributed by atoms with van der Waals surface area (Å²) in [7, 11) is 0. The van der Waals surface area contributed by atoms with E-state index in [1.807, 2.05) is 0 Å². The molecule has 0 aromatic heterocycles. The van der Waals surface area contributed by atoms with Gasteiger partial charge in [0.15, 0.2) is 6.10 Å². The Morgan fingerprint density at radius 2 is 2.00 bits per heavy atom. The Kier molecular flexibility index (Phi) is 2.77. The first-order chi connectivity index (χ1) is 7.09. The van der Waals surface area contributed by atoms with Crippen molar-refractivity contribution < 1.29 is 13.2 Å². The lowest BCUT2D eigenvalue weighted by Gasteiger charge is -2.11. The zero-order valence-corrected chi connectivity index (χ0v) is 9.42. The van der Waals surface area contributed by atoms with E-state index in [0.717, 1.165) is 4.31 Å². The smallest absolute Gasteiger partial charge is 0.270 e. The lowest BCUT2D eigenvalue weighted by Crippen LogP contribution is -2.28. The molecule has 1 amide bonds. The number of rotatable bonds is 1. The van der Waals surface area contributed by atoms with Gasteiger partial charge in [-0.1, -0.05) is 11.6 Å². The molecule has 2 rings (SSSR count). The highest BCUT2D eigenvalue weighted by Gasteiger charge is 2.37. The summed E-state index contributed by atoms with van der Waals surface area (Å²) < 4.78 is 17.4. The minimum atomic E-state index is -1.74. The largest absolute Gasteiger partial charge is 0.272 e. The lowest BCUT2D eigenvalue weighted by atomic mass is 10.3. The van der Waals surface area contributed by atoms with Gasteiger partial charge < -0.3 is 0 Å². The molecule has 0 saturated carbocycles. The van der Waals surface area contributed by atoms with Crippen LogP contribution >= 0.6 is 11.6 Å². The van der Waals surface area contributed by atoms with Gasteiger partial charge in [-0.15, -0.1) is 0 Å². The molecule has 0 aliphatic carbocycles. The summed E-state index contributed by atoms with van der Waals surface area (Å²) in [4.78, 5) is 11.6. The molecule has 1 fully saturated rings. The Morgan fingerprint density at radius 1 is 1.40 bits per heavy atom. The van der Waals surface area contributed by atoms with Crippen molar-refractivity contribution in [2.45, 2.75) is 13.0 Å². The van der Waals surface area contributed by atoms with E-state index in [1.165, 1.54) is 0 Å². The molecule has 1 aliphatic rings. The zero-order valence-electron chi connectivity index (χ0n) is 7.84. The van der Waals surface area contributed by atoms with Crippen molar-refractivity contribution in [2.24, 2.45) is 0 Å². The summed E-state index contributed by atoms with van der Waals surface area (Å²) in [6, 6.07) is 6.51. The molecule has 1 aromatic rings. The number of amides is 1. The van der Waals surface area contributed by atoms with Gasteiger partial charge in [0.1, 0.15) is 0 Å². The molecular weight excluding hydrogens is 238 g/mol. The van der Waals surface area contributed by atoms with Crippen molar-refractivity contribution in [3.05, 3.63) is 29.3 Å². The molecule has 0 spiro atoms. The van der Waals surface area contributed by atoms with Crippen LogP contribution < -0.4 is 4.31 Å². The molecule has 1 aromatic carbocycles. The van der Waals surface area contributed by atoms with E-state index in [9.17, 15) is 9.00 Å². The Balaban J connectivity index is 2.35. The lowest BCUT2D eigenvalue weighted by molar-refractivity contribution is -0.121. The van der Waals surface area contributed by atoms with E-state index in [2.05, 4.69) is 0 Å². The fraction of sp³-hybridized carbons (Fsp3) is 0.222. The third-order valence-electron chi connectivity index (χ3n) is 1.98. The molecule has 2 atom stereocenters. The van der Waals surface area contributed by atoms with Gasteiger partial charge in [-0.05, 0) is 31.2 Å². The molecule has 2 unspecified atom stereocenters. The highest BCUT2D eigenvalue weighted by Crippen LogP contribution is 2.25. The molecule has 15 heavy (non-hydrogen) atoms. The Hall–Kier alpha value is -0.910. The minimum absolute atomic E-state index is 0.310. The highest BCUT2D eigenvalue weighted by atomic mass is 35.5. The molecule has 80 valence electrons. The summed E-state index contributed by atoms with van der Waals surface area (Å²) in [5.41, 5.74) is 0.520. The maximum atomic E-state index is 11.6. The number of carbonyl (C=O) groups is 1. The number of nitrogens with zero attached hydrogens (tertiary/aromatic N) is 1. The third-order valence-corrected chi connectivity index (χ3v) is 3.38. The van der Waals surface area contributed by atoms with E-state index < -0.39 is 17.4 Å². The Morgan fingerprint density at radius 3 is 2.47 bits per heavy atom. The molecule has 0 N–H and O–H groups in total. The average molecular weight is 246 g/mol. The monoisotopic (exact) mass is 245 g/mol. The van der Waals surface area contributed by atoms with Crippen LogP contribution in [0.2, 0.25) is 5.02 Å². The molecular formula is C9H8ClNO3S. The molecule has 0 bridgehead atoms.